The number of hydrogen-bond donors (Lipinski definition) is 1. The maximum absolute atomic E-state index is 11.7. The minimum Gasteiger partial charge on any atom is -0.453 e. The first-order valence-electron chi connectivity index (χ1n) is 5.99. The fourth-order valence-electron chi connectivity index (χ4n) is 1.52. The second-order valence-electron chi connectivity index (χ2n) is 4.49. The maximum Gasteiger partial charge on any atom is 0.286 e. The van der Waals surface area contributed by atoms with Crippen LogP contribution < -0.4 is 5.32 Å². The number of amides is 1. The molecule has 4 heteroatoms. The van der Waals surface area contributed by atoms with Crippen LogP contribution in [-0.4, -0.2) is 19.6 Å². The molecule has 0 saturated carbocycles. The normalized spacial score (nSPS) is 10.8. The smallest absolute Gasteiger partial charge is 0.286 e. The molecule has 4 nitrogen and oxygen atoms in total. The molecule has 1 rings (SSSR count). The summed E-state index contributed by atoms with van der Waals surface area (Å²) in [5.74, 6) is 1.53. The lowest BCUT2D eigenvalue weighted by molar-refractivity contribution is 0.0916. The lowest BCUT2D eigenvalue weighted by Gasteiger charge is -2.05. The molecule has 0 aliphatic heterocycles. The number of furan rings is 1. The average molecular weight is 239 g/mol. The molecule has 0 aliphatic rings. The Labute approximate surface area is 102 Å². The topological polar surface area (TPSA) is 51.5 Å². The van der Waals surface area contributed by atoms with Gasteiger partial charge in [0, 0.05) is 13.7 Å². The SMILES string of the molecule is COCc1ccc(C(=O)NCCCC(C)C)o1. The van der Waals surface area contributed by atoms with Gasteiger partial charge in [0.25, 0.3) is 5.91 Å². The first-order valence-corrected chi connectivity index (χ1v) is 5.99. The Balaban J connectivity index is 2.31. The molecule has 0 unspecified atom stereocenters. The lowest BCUT2D eigenvalue weighted by Crippen LogP contribution is -2.24. The number of nitrogens with one attached hydrogen (secondary N) is 1. The monoisotopic (exact) mass is 239 g/mol. The van der Waals surface area contributed by atoms with Crippen LogP contribution in [0.4, 0.5) is 0 Å². The highest BCUT2D eigenvalue weighted by Gasteiger charge is 2.10. The van der Waals surface area contributed by atoms with Gasteiger partial charge in [0.1, 0.15) is 12.4 Å². The summed E-state index contributed by atoms with van der Waals surface area (Å²) >= 11 is 0. The highest BCUT2D eigenvalue weighted by atomic mass is 16.5. The van der Waals surface area contributed by atoms with Crippen LogP contribution in [0.15, 0.2) is 16.5 Å². The van der Waals surface area contributed by atoms with Gasteiger partial charge in [-0.1, -0.05) is 13.8 Å². The third-order valence-electron chi connectivity index (χ3n) is 2.42. The molecule has 96 valence electrons. The highest BCUT2D eigenvalue weighted by molar-refractivity contribution is 5.91. The molecule has 0 bridgehead atoms. The Hall–Kier alpha value is -1.29. The van der Waals surface area contributed by atoms with E-state index < -0.39 is 0 Å². The van der Waals surface area contributed by atoms with Crippen LogP contribution >= 0.6 is 0 Å². The van der Waals surface area contributed by atoms with Crippen LogP contribution in [0, 0.1) is 5.92 Å². The highest BCUT2D eigenvalue weighted by Crippen LogP contribution is 2.09. The van der Waals surface area contributed by atoms with Gasteiger partial charge in [-0.25, -0.2) is 0 Å². The van der Waals surface area contributed by atoms with Crippen molar-refractivity contribution < 1.29 is 13.9 Å². The van der Waals surface area contributed by atoms with Crippen molar-refractivity contribution in [1.29, 1.82) is 0 Å². The van der Waals surface area contributed by atoms with Crippen LogP contribution in [0.1, 0.15) is 43.0 Å². The van der Waals surface area contributed by atoms with Gasteiger partial charge in [-0.2, -0.15) is 0 Å². The van der Waals surface area contributed by atoms with E-state index in [0.717, 1.165) is 12.8 Å². The van der Waals surface area contributed by atoms with E-state index in [1.54, 1.807) is 19.2 Å². The zero-order valence-corrected chi connectivity index (χ0v) is 10.8. The molecule has 0 fully saturated rings. The van der Waals surface area contributed by atoms with E-state index in [0.29, 0.717) is 30.6 Å². The second-order valence-corrected chi connectivity index (χ2v) is 4.49. The van der Waals surface area contributed by atoms with E-state index in [4.69, 9.17) is 9.15 Å². The fraction of sp³-hybridized carbons (Fsp3) is 0.615. The summed E-state index contributed by atoms with van der Waals surface area (Å²) in [6, 6.07) is 3.43. The minimum atomic E-state index is -0.156. The molecule has 0 atom stereocenters. The van der Waals surface area contributed by atoms with Gasteiger partial charge in [0.15, 0.2) is 5.76 Å². The van der Waals surface area contributed by atoms with E-state index in [1.165, 1.54) is 0 Å². The molecule has 1 heterocycles. The number of hydrogen-bond acceptors (Lipinski definition) is 3. The summed E-state index contributed by atoms with van der Waals surface area (Å²) in [7, 11) is 1.59. The van der Waals surface area contributed by atoms with Gasteiger partial charge < -0.3 is 14.5 Å². The molecule has 1 aromatic heterocycles. The predicted octanol–water partition coefficient (Wildman–Crippen LogP) is 2.59. The zero-order valence-electron chi connectivity index (χ0n) is 10.8. The van der Waals surface area contributed by atoms with Crippen molar-refractivity contribution in [2.24, 2.45) is 5.92 Å². The fourth-order valence-corrected chi connectivity index (χ4v) is 1.52. The third kappa shape index (κ3) is 5.04. The summed E-state index contributed by atoms with van der Waals surface area (Å²) in [5, 5.41) is 2.84. The molecule has 1 amide bonds. The first-order chi connectivity index (χ1) is 8.13. The lowest BCUT2D eigenvalue weighted by atomic mass is 10.1. The second kappa shape index (κ2) is 7.12. The number of ether oxygens (including phenoxy) is 1. The summed E-state index contributed by atoms with van der Waals surface area (Å²) in [6.07, 6.45) is 2.11. The predicted molar refractivity (Wildman–Crippen MR) is 65.8 cm³/mol. The number of rotatable bonds is 7. The van der Waals surface area contributed by atoms with Gasteiger partial charge in [0.05, 0.1) is 0 Å². The van der Waals surface area contributed by atoms with E-state index >= 15 is 0 Å². The summed E-state index contributed by atoms with van der Waals surface area (Å²) in [4.78, 5) is 11.7. The van der Waals surface area contributed by atoms with Crippen LogP contribution in [-0.2, 0) is 11.3 Å². The third-order valence-corrected chi connectivity index (χ3v) is 2.42. The van der Waals surface area contributed by atoms with Gasteiger partial charge in [-0.3, -0.25) is 4.79 Å². The van der Waals surface area contributed by atoms with Crippen LogP contribution in [0.3, 0.4) is 0 Å². The molecule has 0 spiro atoms. The molecule has 0 aromatic carbocycles. The molecule has 1 N–H and O–H groups in total. The van der Waals surface area contributed by atoms with E-state index in [1.807, 2.05) is 0 Å². The van der Waals surface area contributed by atoms with Crippen molar-refractivity contribution in [3.8, 4) is 0 Å². The minimum absolute atomic E-state index is 0.156. The van der Waals surface area contributed by atoms with Crippen LogP contribution in [0.25, 0.3) is 0 Å². The van der Waals surface area contributed by atoms with Crippen molar-refractivity contribution in [3.63, 3.8) is 0 Å². The molecular weight excluding hydrogens is 218 g/mol. The van der Waals surface area contributed by atoms with E-state index in [-0.39, 0.29) is 5.91 Å². The van der Waals surface area contributed by atoms with Gasteiger partial charge in [-0.05, 0) is 30.9 Å². The Morgan fingerprint density at radius 2 is 2.24 bits per heavy atom. The standard InChI is InChI=1S/C13H21NO3/c1-10(2)5-4-8-14-13(15)12-7-6-11(17-12)9-16-3/h6-7,10H,4-5,8-9H2,1-3H3,(H,14,15). The molecule has 1 aromatic rings. The Bertz CT molecular complexity index is 344. The average Bonchev–Trinajstić information content (AvgIpc) is 2.73. The first kappa shape index (κ1) is 13.8. The molecule has 0 aliphatic carbocycles. The number of carbonyl (C=O) groups is 1. The number of methoxy groups -OCH3 is 1. The van der Waals surface area contributed by atoms with Gasteiger partial charge in [-0.15, -0.1) is 0 Å². The maximum atomic E-state index is 11.7. The Morgan fingerprint density at radius 1 is 1.47 bits per heavy atom. The van der Waals surface area contributed by atoms with E-state index in [2.05, 4.69) is 19.2 Å². The molecular formula is C13H21NO3. The van der Waals surface area contributed by atoms with E-state index in [9.17, 15) is 4.79 Å². The Morgan fingerprint density at radius 3 is 2.88 bits per heavy atom. The zero-order chi connectivity index (χ0) is 12.7. The van der Waals surface area contributed by atoms with Crippen LogP contribution in [0.2, 0.25) is 0 Å². The molecule has 17 heavy (non-hydrogen) atoms. The van der Waals surface area contributed by atoms with Crippen molar-refractivity contribution in [2.45, 2.75) is 33.3 Å². The van der Waals surface area contributed by atoms with Crippen molar-refractivity contribution in [1.82, 2.24) is 5.32 Å². The van der Waals surface area contributed by atoms with Gasteiger partial charge >= 0.3 is 0 Å². The van der Waals surface area contributed by atoms with Crippen molar-refractivity contribution in [2.75, 3.05) is 13.7 Å². The number of carbonyl (C=O) groups excluding carboxylic acids is 1. The summed E-state index contributed by atoms with van der Waals surface area (Å²) < 4.78 is 10.2. The van der Waals surface area contributed by atoms with Crippen LogP contribution in [0.5, 0.6) is 0 Å². The summed E-state index contributed by atoms with van der Waals surface area (Å²) in [5.41, 5.74) is 0. The summed E-state index contributed by atoms with van der Waals surface area (Å²) in [6.45, 7) is 5.43. The van der Waals surface area contributed by atoms with Gasteiger partial charge in [0.2, 0.25) is 0 Å². The quantitative estimate of drug-likeness (QED) is 0.744. The van der Waals surface area contributed by atoms with Crippen molar-refractivity contribution in [3.05, 3.63) is 23.7 Å². The van der Waals surface area contributed by atoms with Crippen molar-refractivity contribution >= 4 is 5.91 Å². The Kier molecular flexibility index (Phi) is 5.77. The molecule has 0 radical (unpaired) electrons. The largest absolute Gasteiger partial charge is 0.453 e. The molecule has 0 saturated heterocycles.